The van der Waals surface area contributed by atoms with Gasteiger partial charge in [0.15, 0.2) is 0 Å². The average molecular weight is 405 g/mol. The van der Waals surface area contributed by atoms with E-state index in [1.165, 1.54) is 20.3 Å². The third kappa shape index (κ3) is 4.27. The second kappa shape index (κ2) is 9.13. The number of aryl methyl sites for hydroxylation is 2. The van der Waals surface area contributed by atoms with Crippen LogP contribution in [0.25, 0.3) is 0 Å². The van der Waals surface area contributed by atoms with Gasteiger partial charge in [-0.15, -0.1) is 0 Å². The molecular weight excluding hydrogens is 382 g/mol. The van der Waals surface area contributed by atoms with E-state index in [1.807, 2.05) is 56.3 Å². The molecular formula is C24H23NO5. The number of nitrogens with zero attached hydrogens (tertiary/aromatic N) is 1. The fourth-order valence-electron chi connectivity index (χ4n) is 3.05. The smallest absolute Gasteiger partial charge is 0.355 e. The van der Waals surface area contributed by atoms with Crippen molar-refractivity contribution in [3.63, 3.8) is 0 Å². The van der Waals surface area contributed by atoms with E-state index in [2.05, 4.69) is 0 Å². The lowest BCUT2D eigenvalue weighted by atomic mass is 10.1. The molecule has 6 nitrogen and oxygen atoms in total. The quantitative estimate of drug-likeness (QED) is 0.678. The Morgan fingerprint density at radius 1 is 0.833 bits per heavy atom. The Morgan fingerprint density at radius 2 is 1.53 bits per heavy atom. The highest BCUT2D eigenvalue weighted by molar-refractivity contribution is 6.05. The fourth-order valence-corrected chi connectivity index (χ4v) is 3.05. The summed E-state index contributed by atoms with van der Waals surface area (Å²) in [5.74, 6) is 0.193. The second-order valence-electron chi connectivity index (χ2n) is 6.63. The molecule has 2 aromatic rings. The van der Waals surface area contributed by atoms with Crippen LogP contribution < -0.4 is 9.64 Å². The van der Waals surface area contributed by atoms with Crippen LogP contribution in [0.4, 0.5) is 5.69 Å². The molecule has 154 valence electrons. The maximum Gasteiger partial charge on any atom is 0.355 e. The molecule has 2 aromatic carbocycles. The van der Waals surface area contributed by atoms with Crippen LogP contribution in [0.5, 0.6) is 11.5 Å². The van der Waals surface area contributed by atoms with E-state index >= 15 is 0 Å². The van der Waals surface area contributed by atoms with E-state index < -0.39 is 11.9 Å². The first kappa shape index (κ1) is 20.9. The summed E-state index contributed by atoms with van der Waals surface area (Å²) in [7, 11) is 2.54. The molecule has 30 heavy (non-hydrogen) atoms. The minimum atomic E-state index is -0.649. The predicted octanol–water partition coefficient (Wildman–Crippen LogP) is 4.59. The van der Waals surface area contributed by atoms with Crippen molar-refractivity contribution in [3.8, 4) is 11.5 Å². The number of benzene rings is 2. The number of methoxy groups -OCH3 is 2. The zero-order valence-electron chi connectivity index (χ0n) is 17.3. The minimum Gasteiger partial charge on any atom is -0.465 e. The molecule has 0 radical (unpaired) electrons. The average Bonchev–Trinajstić information content (AvgIpc) is 2.98. The van der Waals surface area contributed by atoms with Crippen molar-refractivity contribution in [3.05, 3.63) is 89.3 Å². The van der Waals surface area contributed by atoms with Gasteiger partial charge < -0.3 is 19.1 Å². The van der Waals surface area contributed by atoms with Crippen molar-refractivity contribution in [2.45, 2.75) is 13.8 Å². The number of anilines is 1. The SMILES string of the molecule is COC(=O)C1=C(C(=O)OC)N(c2ccc(Oc3ccccc3C)c(C)c2)C=CC=C1. The number of hydrogen-bond donors (Lipinski definition) is 0. The van der Waals surface area contributed by atoms with Crippen LogP contribution in [-0.2, 0) is 19.1 Å². The molecule has 0 aliphatic carbocycles. The summed E-state index contributed by atoms with van der Waals surface area (Å²) < 4.78 is 15.8. The summed E-state index contributed by atoms with van der Waals surface area (Å²) >= 11 is 0. The number of carbonyl (C=O) groups is 2. The fraction of sp³-hybridized carbons (Fsp3) is 0.167. The third-order valence-electron chi connectivity index (χ3n) is 4.64. The summed E-state index contributed by atoms with van der Waals surface area (Å²) in [5.41, 5.74) is 2.74. The lowest BCUT2D eigenvalue weighted by Gasteiger charge is -2.24. The summed E-state index contributed by atoms with van der Waals surface area (Å²) in [6.45, 7) is 3.90. The molecule has 0 amide bonds. The van der Waals surface area contributed by atoms with Crippen LogP contribution in [0.2, 0.25) is 0 Å². The zero-order valence-corrected chi connectivity index (χ0v) is 17.3. The highest BCUT2D eigenvalue weighted by Gasteiger charge is 2.27. The molecule has 1 aliphatic rings. The zero-order chi connectivity index (χ0) is 21.7. The molecule has 0 N–H and O–H groups in total. The number of esters is 2. The Hall–Kier alpha value is -3.80. The molecule has 0 saturated heterocycles. The highest BCUT2D eigenvalue weighted by Crippen LogP contribution is 2.33. The van der Waals surface area contributed by atoms with Gasteiger partial charge in [-0.05, 0) is 61.4 Å². The number of allylic oxidation sites excluding steroid dienone is 2. The largest absolute Gasteiger partial charge is 0.465 e. The molecule has 0 bridgehead atoms. The third-order valence-corrected chi connectivity index (χ3v) is 4.64. The van der Waals surface area contributed by atoms with Crippen LogP contribution in [0.3, 0.4) is 0 Å². The molecule has 3 rings (SSSR count). The standard InChI is InChI=1S/C24H23NO5/c1-16-9-5-6-11-20(16)30-21-13-12-18(15-17(21)2)25-14-8-7-10-19(23(26)28-3)22(25)24(27)29-4/h5-15H,1-4H3. The molecule has 0 spiro atoms. The molecule has 0 unspecified atom stereocenters. The van der Waals surface area contributed by atoms with Crippen LogP contribution in [-0.4, -0.2) is 26.2 Å². The number of ether oxygens (including phenoxy) is 3. The summed E-state index contributed by atoms with van der Waals surface area (Å²) in [6, 6.07) is 13.3. The monoisotopic (exact) mass is 405 g/mol. The first-order chi connectivity index (χ1) is 14.5. The van der Waals surface area contributed by atoms with Gasteiger partial charge in [-0.3, -0.25) is 0 Å². The van der Waals surface area contributed by atoms with Gasteiger partial charge in [0, 0.05) is 11.9 Å². The predicted molar refractivity (Wildman–Crippen MR) is 114 cm³/mol. The number of para-hydroxylation sites is 1. The topological polar surface area (TPSA) is 65.1 Å². The van der Waals surface area contributed by atoms with Gasteiger partial charge in [-0.2, -0.15) is 0 Å². The Balaban J connectivity index is 2.03. The van der Waals surface area contributed by atoms with E-state index in [0.717, 1.165) is 16.9 Å². The molecule has 6 heteroatoms. The van der Waals surface area contributed by atoms with Crippen LogP contribution in [0, 0.1) is 13.8 Å². The first-order valence-corrected chi connectivity index (χ1v) is 9.35. The van der Waals surface area contributed by atoms with Crippen molar-refractivity contribution in [2.75, 3.05) is 19.1 Å². The van der Waals surface area contributed by atoms with E-state index in [4.69, 9.17) is 14.2 Å². The van der Waals surface area contributed by atoms with Crippen molar-refractivity contribution < 1.29 is 23.8 Å². The van der Waals surface area contributed by atoms with Crippen molar-refractivity contribution >= 4 is 17.6 Å². The van der Waals surface area contributed by atoms with E-state index in [-0.39, 0.29) is 11.3 Å². The number of carbonyl (C=O) groups excluding carboxylic acids is 2. The molecule has 0 saturated carbocycles. The summed E-state index contributed by atoms with van der Waals surface area (Å²) in [6.07, 6.45) is 6.61. The van der Waals surface area contributed by atoms with Gasteiger partial charge in [-0.1, -0.05) is 24.3 Å². The van der Waals surface area contributed by atoms with Gasteiger partial charge in [0.25, 0.3) is 0 Å². The number of hydrogen-bond acceptors (Lipinski definition) is 6. The van der Waals surface area contributed by atoms with Crippen molar-refractivity contribution in [2.24, 2.45) is 0 Å². The molecule has 1 aliphatic heterocycles. The van der Waals surface area contributed by atoms with Gasteiger partial charge >= 0.3 is 11.9 Å². The van der Waals surface area contributed by atoms with Gasteiger partial charge in [-0.25, -0.2) is 9.59 Å². The van der Waals surface area contributed by atoms with Crippen molar-refractivity contribution in [1.29, 1.82) is 0 Å². The van der Waals surface area contributed by atoms with E-state index in [0.29, 0.717) is 11.4 Å². The van der Waals surface area contributed by atoms with Gasteiger partial charge in [0.05, 0.1) is 19.8 Å². The maximum absolute atomic E-state index is 12.5. The van der Waals surface area contributed by atoms with Gasteiger partial charge in [0.1, 0.15) is 17.2 Å². The molecule has 0 aromatic heterocycles. The minimum absolute atomic E-state index is 0.0707. The molecule has 0 atom stereocenters. The van der Waals surface area contributed by atoms with Gasteiger partial charge in [0.2, 0.25) is 0 Å². The lowest BCUT2D eigenvalue weighted by molar-refractivity contribution is -0.139. The lowest BCUT2D eigenvalue weighted by Crippen LogP contribution is -2.27. The van der Waals surface area contributed by atoms with E-state index in [9.17, 15) is 9.59 Å². The highest BCUT2D eigenvalue weighted by atomic mass is 16.5. The van der Waals surface area contributed by atoms with Crippen LogP contribution in [0.1, 0.15) is 11.1 Å². The maximum atomic E-state index is 12.5. The molecule has 0 fully saturated rings. The Morgan fingerprint density at radius 3 is 2.20 bits per heavy atom. The second-order valence-corrected chi connectivity index (χ2v) is 6.63. The van der Waals surface area contributed by atoms with Crippen LogP contribution in [0.15, 0.2) is 78.2 Å². The van der Waals surface area contributed by atoms with Crippen LogP contribution >= 0.6 is 0 Å². The Labute approximate surface area is 175 Å². The molecule has 1 heterocycles. The first-order valence-electron chi connectivity index (χ1n) is 9.35. The Kier molecular flexibility index (Phi) is 6.37. The summed E-state index contributed by atoms with van der Waals surface area (Å²) in [4.78, 5) is 26.4. The van der Waals surface area contributed by atoms with Crippen molar-refractivity contribution in [1.82, 2.24) is 0 Å². The normalized spacial score (nSPS) is 13.1. The van der Waals surface area contributed by atoms with E-state index in [1.54, 1.807) is 23.3 Å². The summed E-state index contributed by atoms with van der Waals surface area (Å²) in [5, 5.41) is 0. The Bertz CT molecular complexity index is 1070. The number of rotatable bonds is 5.